The summed E-state index contributed by atoms with van der Waals surface area (Å²) in [6.45, 7) is 5.01. The number of carbonyl (C=O) groups is 2. The predicted molar refractivity (Wildman–Crippen MR) is 56.4 cm³/mol. The molecule has 0 radical (unpaired) electrons. The molecule has 0 aromatic rings. The lowest BCUT2D eigenvalue weighted by molar-refractivity contribution is -0.137. The topological polar surface area (TPSA) is 83.6 Å². The van der Waals surface area contributed by atoms with Gasteiger partial charge in [-0.1, -0.05) is 11.8 Å². The molecule has 0 spiro atoms. The van der Waals surface area contributed by atoms with Crippen molar-refractivity contribution in [2.24, 2.45) is 5.73 Å². The summed E-state index contributed by atoms with van der Waals surface area (Å²) in [5, 5.41) is 8.37. The Morgan fingerprint density at radius 2 is 1.93 bits per heavy atom. The average molecular weight is 220 g/mol. The van der Waals surface area contributed by atoms with Crippen LogP contribution in [0, 0.1) is 0 Å². The van der Waals surface area contributed by atoms with Gasteiger partial charge in [0.1, 0.15) is 6.04 Å². The van der Waals surface area contributed by atoms with E-state index in [-0.39, 0.29) is 11.0 Å². The summed E-state index contributed by atoms with van der Waals surface area (Å²) in [7, 11) is 0. The molecule has 0 saturated carbocycles. The van der Waals surface area contributed by atoms with Crippen LogP contribution in [0.4, 0.5) is 4.79 Å². The minimum Gasteiger partial charge on any atom is -0.480 e. The number of rotatable bonds is 5. The van der Waals surface area contributed by atoms with Crippen LogP contribution < -0.4 is 5.73 Å². The molecule has 82 valence electrons. The molecule has 5 nitrogen and oxygen atoms in total. The Kier molecular flexibility index (Phi) is 6.31. The molecule has 1 amide bonds. The van der Waals surface area contributed by atoms with Gasteiger partial charge in [0.05, 0.1) is 0 Å². The highest BCUT2D eigenvalue weighted by molar-refractivity contribution is 8.13. The second kappa shape index (κ2) is 6.67. The van der Waals surface area contributed by atoms with E-state index in [9.17, 15) is 9.59 Å². The maximum atomic E-state index is 11.4. The number of hydrogen-bond acceptors (Lipinski definition) is 4. The summed E-state index contributed by atoms with van der Waals surface area (Å²) in [5.74, 6) is -0.963. The molecule has 6 heteroatoms. The SMILES string of the molecule is CCN(CC)C(=O)SC[C@H](N)C(=O)O. The predicted octanol–water partition coefficient (Wildman–Crippen LogP) is 0.593. The maximum Gasteiger partial charge on any atom is 0.321 e. The van der Waals surface area contributed by atoms with Crippen LogP contribution in [0.15, 0.2) is 0 Å². The number of thioether (sulfide) groups is 1. The number of carboxylic acid groups (broad SMARTS) is 1. The van der Waals surface area contributed by atoms with Crippen molar-refractivity contribution in [1.29, 1.82) is 0 Å². The molecular weight excluding hydrogens is 204 g/mol. The molecular formula is C8H16N2O3S. The first-order valence-corrected chi connectivity index (χ1v) is 5.41. The van der Waals surface area contributed by atoms with Crippen molar-refractivity contribution in [3.05, 3.63) is 0 Å². The van der Waals surface area contributed by atoms with Crippen molar-refractivity contribution in [2.75, 3.05) is 18.8 Å². The van der Waals surface area contributed by atoms with E-state index in [2.05, 4.69) is 0 Å². The van der Waals surface area contributed by atoms with Crippen LogP contribution in [0.5, 0.6) is 0 Å². The normalized spacial score (nSPS) is 12.2. The van der Waals surface area contributed by atoms with Gasteiger partial charge in [-0.05, 0) is 13.8 Å². The monoisotopic (exact) mass is 220 g/mol. The number of nitrogens with zero attached hydrogens (tertiary/aromatic N) is 1. The van der Waals surface area contributed by atoms with E-state index in [1.54, 1.807) is 4.90 Å². The zero-order chi connectivity index (χ0) is 11.1. The van der Waals surface area contributed by atoms with Gasteiger partial charge in [0.15, 0.2) is 0 Å². The standard InChI is InChI=1S/C8H16N2O3S/c1-3-10(4-2)8(13)14-5-6(9)7(11)12/h6H,3-5,9H2,1-2H3,(H,11,12)/t6-/m0/s1. The van der Waals surface area contributed by atoms with Crippen LogP contribution in [0.25, 0.3) is 0 Å². The Balaban J connectivity index is 3.89. The fraction of sp³-hybridized carbons (Fsp3) is 0.750. The molecule has 0 aromatic carbocycles. The Hall–Kier alpha value is -0.750. The molecule has 0 aliphatic carbocycles. The fourth-order valence-corrected chi connectivity index (χ4v) is 1.71. The summed E-state index contributed by atoms with van der Waals surface area (Å²) >= 11 is 0.951. The van der Waals surface area contributed by atoms with Crippen LogP contribution in [-0.2, 0) is 4.79 Å². The number of nitrogens with two attached hydrogens (primary N) is 1. The van der Waals surface area contributed by atoms with E-state index >= 15 is 0 Å². The molecule has 0 aliphatic rings. The first kappa shape index (κ1) is 13.2. The first-order valence-electron chi connectivity index (χ1n) is 4.43. The number of aliphatic carboxylic acids is 1. The van der Waals surface area contributed by atoms with Crippen molar-refractivity contribution in [1.82, 2.24) is 4.90 Å². The number of hydrogen-bond donors (Lipinski definition) is 2. The van der Waals surface area contributed by atoms with Gasteiger partial charge in [0, 0.05) is 18.8 Å². The summed E-state index contributed by atoms with van der Waals surface area (Å²) in [6, 6.07) is -0.973. The molecule has 0 heterocycles. The summed E-state index contributed by atoms with van der Waals surface area (Å²) in [4.78, 5) is 23.4. The third-order valence-electron chi connectivity index (χ3n) is 1.73. The van der Waals surface area contributed by atoms with E-state index < -0.39 is 12.0 Å². The van der Waals surface area contributed by atoms with Gasteiger partial charge in [-0.15, -0.1) is 0 Å². The Bertz CT molecular complexity index is 207. The van der Waals surface area contributed by atoms with Crippen LogP contribution in [0.2, 0.25) is 0 Å². The summed E-state index contributed by atoms with van der Waals surface area (Å²) in [5.41, 5.74) is 5.26. The zero-order valence-electron chi connectivity index (χ0n) is 8.40. The highest BCUT2D eigenvalue weighted by Crippen LogP contribution is 2.09. The van der Waals surface area contributed by atoms with Crippen molar-refractivity contribution in [2.45, 2.75) is 19.9 Å². The molecule has 0 unspecified atom stereocenters. The highest BCUT2D eigenvalue weighted by Gasteiger charge is 2.16. The van der Waals surface area contributed by atoms with Gasteiger partial charge in [0.2, 0.25) is 0 Å². The minimum atomic E-state index is -1.08. The highest BCUT2D eigenvalue weighted by atomic mass is 32.2. The first-order chi connectivity index (χ1) is 6.52. The molecule has 14 heavy (non-hydrogen) atoms. The average Bonchev–Trinajstić information content (AvgIpc) is 2.15. The summed E-state index contributed by atoms with van der Waals surface area (Å²) < 4.78 is 0. The Morgan fingerprint density at radius 3 is 2.29 bits per heavy atom. The van der Waals surface area contributed by atoms with Gasteiger partial charge in [-0.2, -0.15) is 0 Å². The second-order valence-corrected chi connectivity index (χ2v) is 3.67. The molecule has 0 rings (SSSR count). The Labute approximate surface area is 87.6 Å². The molecule has 0 aliphatic heterocycles. The maximum absolute atomic E-state index is 11.4. The molecule has 0 fully saturated rings. The number of amides is 1. The van der Waals surface area contributed by atoms with Crippen LogP contribution in [0.3, 0.4) is 0 Å². The lowest BCUT2D eigenvalue weighted by Gasteiger charge is -2.18. The fourth-order valence-electron chi connectivity index (χ4n) is 0.805. The van der Waals surface area contributed by atoms with Crippen LogP contribution in [-0.4, -0.2) is 46.1 Å². The molecule has 1 atom stereocenters. The number of carbonyl (C=O) groups excluding carboxylic acids is 1. The third kappa shape index (κ3) is 4.48. The van der Waals surface area contributed by atoms with E-state index in [0.717, 1.165) is 11.8 Å². The van der Waals surface area contributed by atoms with Crippen molar-refractivity contribution in [3.63, 3.8) is 0 Å². The van der Waals surface area contributed by atoms with Gasteiger partial charge in [0.25, 0.3) is 5.24 Å². The van der Waals surface area contributed by atoms with Crippen molar-refractivity contribution >= 4 is 23.0 Å². The van der Waals surface area contributed by atoms with Gasteiger partial charge in [-0.3, -0.25) is 9.59 Å². The van der Waals surface area contributed by atoms with E-state index in [4.69, 9.17) is 10.8 Å². The van der Waals surface area contributed by atoms with E-state index in [1.165, 1.54) is 0 Å². The lowest BCUT2D eigenvalue weighted by atomic mass is 10.4. The van der Waals surface area contributed by atoms with E-state index in [1.807, 2.05) is 13.8 Å². The van der Waals surface area contributed by atoms with E-state index in [0.29, 0.717) is 13.1 Å². The zero-order valence-corrected chi connectivity index (χ0v) is 9.21. The van der Waals surface area contributed by atoms with Crippen LogP contribution in [0.1, 0.15) is 13.8 Å². The minimum absolute atomic E-state index is 0.116. The molecule has 0 bridgehead atoms. The molecule has 0 saturated heterocycles. The molecule has 3 N–H and O–H groups in total. The Morgan fingerprint density at radius 1 is 1.43 bits per heavy atom. The van der Waals surface area contributed by atoms with Crippen molar-refractivity contribution in [3.8, 4) is 0 Å². The second-order valence-electron chi connectivity index (χ2n) is 2.69. The van der Waals surface area contributed by atoms with Gasteiger partial charge >= 0.3 is 5.97 Å². The van der Waals surface area contributed by atoms with Crippen LogP contribution >= 0.6 is 11.8 Å². The molecule has 0 aromatic heterocycles. The largest absolute Gasteiger partial charge is 0.480 e. The van der Waals surface area contributed by atoms with Gasteiger partial charge in [-0.25, -0.2) is 0 Å². The number of carboxylic acids is 1. The van der Waals surface area contributed by atoms with Crippen molar-refractivity contribution < 1.29 is 14.7 Å². The van der Waals surface area contributed by atoms with Gasteiger partial charge < -0.3 is 15.7 Å². The third-order valence-corrected chi connectivity index (χ3v) is 2.76. The summed E-state index contributed by atoms with van der Waals surface area (Å²) in [6.07, 6.45) is 0. The quantitative estimate of drug-likeness (QED) is 0.708. The smallest absolute Gasteiger partial charge is 0.321 e. The lowest BCUT2D eigenvalue weighted by Crippen LogP contribution is -2.34.